The van der Waals surface area contributed by atoms with E-state index in [1.807, 2.05) is 18.2 Å². The summed E-state index contributed by atoms with van der Waals surface area (Å²) in [6, 6.07) is 8.24. The summed E-state index contributed by atoms with van der Waals surface area (Å²) in [4.78, 5) is 0. The Bertz CT molecular complexity index is 426. The van der Waals surface area contributed by atoms with Gasteiger partial charge in [-0.15, -0.1) is 0 Å². The summed E-state index contributed by atoms with van der Waals surface area (Å²) < 4.78 is 6.33. The van der Waals surface area contributed by atoms with Gasteiger partial charge < -0.3 is 10.1 Å². The SMILES string of the molecule is COc1ccc(Br)cc1CNCC(C#N)C(C)C. The van der Waals surface area contributed by atoms with Crippen molar-refractivity contribution in [1.29, 1.82) is 5.26 Å². The molecule has 0 aliphatic carbocycles. The molecule has 1 aromatic carbocycles. The van der Waals surface area contributed by atoms with Gasteiger partial charge in [0.2, 0.25) is 0 Å². The van der Waals surface area contributed by atoms with Crippen molar-refractivity contribution in [2.45, 2.75) is 20.4 Å². The van der Waals surface area contributed by atoms with Gasteiger partial charge in [0.15, 0.2) is 0 Å². The first-order valence-corrected chi connectivity index (χ1v) is 6.80. The van der Waals surface area contributed by atoms with Crippen molar-refractivity contribution in [2.24, 2.45) is 11.8 Å². The van der Waals surface area contributed by atoms with Crippen LogP contribution in [0, 0.1) is 23.2 Å². The van der Waals surface area contributed by atoms with Crippen LogP contribution < -0.4 is 10.1 Å². The average molecular weight is 311 g/mol. The summed E-state index contributed by atoms with van der Waals surface area (Å²) in [6.07, 6.45) is 0. The third-order valence-corrected chi connectivity index (χ3v) is 3.39. The molecule has 1 atom stereocenters. The molecule has 3 nitrogen and oxygen atoms in total. The van der Waals surface area contributed by atoms with Crippen LogP contribution in [0.5, 0.6) is 5.75 Å². The third kappa shape index (κ3) is 4.32. The van der Waals surface area contributed by atoms with E-state index in [1.165, 1.54) is 0 Å². The third-order valence-electron chi connectivity index (χ3n) is 2.89. The zero-order valence-electron chi connectivity index (χ0n) is 11.0. The highest BCUT2D eigenvalue weighted by molar-refractivity contribution is 9.10. The quantitative estimate of drug-likeness (QED) is 0.876. The van der Waals surface area contributed by atoms with Gasteiger partial charge in [-0.3, -0.25) is 0 Å². The molecule has 1 N–H and O–H groups in total. The molecule has 0 fully saturated rings. The van der Waals surface area contributed by atoms with E-state index in [4.69, 9.17) is 10.00 Å². The molecule has 98 valence electrons. The molecular weight excluding hydrogens is 292 g/mol. The number of nitriles is 1. The number of methoxy groups -OCH3 is 1. The maximum atomic E-state index is 9.02. The fourth-order valence-electron chi connectivity index (χ4n) is 1.68. The van der Waals surface area contributed by atoms with E-state index < -0.39 is 0 Å². The molecule has 1 unspecified atom stereocenters. The van der Waals surface area contributed by atoms with Crippen molar-refractivity contribution >= 4 is 15.9 Å². The number of halogens is 1. The molecular formula is C14H19BrN2O. The fourth-order valence-corrected chi connectivity index (χ4v) is 2.09. The molecule has 0 heterocycles. The lowest BCUT2D eigenvalue weighted by molar-refractivity contribution is 0.403. The van der Waals surface area contributed by atoms with Crippen molar-refractivity contribution in [3.05, 3.63) is 28.2 Å². The van der Waals surface area contributed by atoms with Gasteiger partial charge in [-0.05, 0) is 24.1 Å². The molecule has 0 spiro atoms. The second kappa shape index (κ2) is 7.40. The second-order valence-corrected chi connectivity index (χ2v) is 5.48. The predicted octanol–water partition coefficient (Wildman–Crippen LogP) is 3.34. The lowest BCUT2D eigenvalue weighted by Gasteiger charge is -2.15. The van der Waals surface area contributed by atoms with Crippen LogP contribution in [0.25, 0.3) is 0 Å². The van der Waals surface area contributed by atoms with E-state index in [2.05, 4.69) is 41.2 Å². The van der Waals surface area contributed by atoms with Gasteiger partial charge in [-0.25, -0.2) is 0 Å². The Morgan fingerprint density at radius 1 is 1.44 bits per heavy atom. The van der Waals surface area contributed by atoms with Crippen molar-refractivity contribution in [1.82, 2.24) is 5.32 Å². The van der Waals surface area contributed by atoms with Crippen LogP contribution in [0.15, 0.2) is 22.7 Å². The topological polar surface area (TPSA) is 45.0 Å². The van der Waals surface area contributed by atoms with E-state index in [0.717, 1.165) is 15.8 Å². The second-order valence-electron chi connectivity index (χ2n) is 4.57. The van der Waals surface area contributed by atoms with E-state index in [1.54, 1.807) is 7.11 Å². The molecule has 0 radical (unpaired) electrons. The van der Waals surface area contributed by atoms with E-state index >= 15 is 0 Å². The summed E-state index contributed by atoms with van der Waals surface area (Å²) in [5.41, 5.74) is 1.09. The number of rotatable bonds is 6. The summed E-state index contributed by atoms with van der Waals surface area (Å²) in [5.74, 6) is 1.28. The Hall–Kier alpha value is -1.05. The number of nitrogens with zero attached hydrogens (tertiary/aromatic N) is 1. The predicted molar refractivity (Wildman–Crippen MR) is 76.3 cm³/mol. The van der Waals surface area contributed by atoms with Gasteiger partial charge in [0.05, 0.1) is 19.1 Å². The lowest BCUT2D eigenvalue weighted by Crippen LogP contribution is -2.25. The first kappa shape index (κ1) is 15.0. The van der Waals surface area contributed by atoms with Gasteiger partial charge >= 0.3 is 0 Å². The van der Waals surface area contributed by atoms with E-state index in [-0.39, 0.29) is 5.92 Å². The smallest absolute Gasteiger partial charge is 0.123 e. The largest absolute Gasteiger partial charge is 0.496 e. The summed E-state index contributed by atoms with van der Waals surface area (Å²) in [6.45, 7) is 5.53. The van der Waals surface area contributed by atoms with Crippen molar-refractivity contribution in [3.8, 4) is 11.8 Å². The molecule has 18 heavy (non-hydrogen) atoms. The Kier molecular flexibility index (Phi) is 6.17. The maximum Gasteiger partial charge on any atom is 0.123 e. The Labute approximate surface area is 117 Å². The number of hydrogen-bond donors (Lipinski definition) is 1. The van der Waals surface area contributed by atoms with Crippen LogP contribution >= 0.6 is 15.9 Å². The number of benzene rings is 1. The standard InChI is InChI=1S/C14H19BrN2O/c1-10(2)12(7-16)9-17-8-11-6-13(15)4-5-14(11)18-3/h4-6,10,12,17H,8-9H2,1-3H3. The molecule has 0 bridgehead atoms. The molecule has 0 saturated carbocycles. The lowest BCUT2D eigenvalue weighted by atomic mass is 9.97. The van der Waals surface area contributed by atoms with Gasteiger partial charge in [0.1, 0.15) is 5.75 Å². The minimum Gasteiger partial charge on any atom is -0.496 e. The van der Waals surface area contributed by atoms with Crippen LogP contribution in [0.2, 0.25) is 0 Å². The summed E-state index contributed by atoms with van der Waals surface area (Å²) >= 11 is 3.45. The number of hydrogen-bond acceptors (Lipinski definition) is 3. The van der Waals surface area contributed by atoms with Crippen LogP contribution in [0.1, 0.15) is 19.4 Å². The normalized spacial score (nSPS) is 12.2. The highest BCUT2D eigenvalue weighted by Crippen LogP contribution is 2.22. The minimum atomic E-state index is 0.0446. The summed E-state index contributed by atoms with van der Waals surface area (Å²) in [7, 11) is 1.67. The average Bonchev–Trinajstić information content (AvgIpc) is 2.34. The highest BCUT2D eigenvalue weighted by Gasteiger charge is 2.12. The summed E-state index contributed by atoms with van der Waals surface area (Å²) in [5, 5.41) is 12.3. The van der Waals surface area contributed by atoms with Crippen LogP contribution in [0.4, 0.5) is 0 Å². The number of nitrogens with one attached hydrogen (secondary N) is 1. The molecule has 0 aromatic heterocycles. The van der Waals surface area contributed by atoms with Crippen molar-refractivity contribution < 1.29 is 4.74 Å². The van der Waals surface area contributed by atoms with Gasteiger partial charge in [-0.2, -0.15) is 5.26 Å². The first-order chi connectivity index (χ1) is 8.58. The molecule has 1 rings (SSSR count). The van der Waals surface area contributed by atoms with E-state index in [9.17, 15) is 0 Å². The van der Waals surface area contributed by atoms with Crippen molar-refractivity contribution in [2.75, 3.05) is 13.7 Å². The molecule has 4 heteroatoms. The fraction of sp³-hybridized carbons (Fsp3) is 0.500. The monoisotopic (exact) mass is 310 g/mol. The molecule has 0 aliphatic heterocycles. The highest BCUT2D eigenvalue weighted by atomic mass is 79.9. The zero-order chi connectivity index (χ0) is 13.5. The molecule has 0 amide bonds. The van der Waals surface area contributed by atoms with Gasteiger partial charge in [-0.1, -0.05) is 29.8 Å². The molecule has 0 saturated heterocycles. The van der Waals surface area contributed by atoms with Gasteiger partial charge in [0, 0.05) is 23.1 Å². The Balaban J connectivity index is 2.58. The zero-order valence-corrected chi connectivity index (χ0v) is 12.6. The Morgan fingerprint density at radius 2 is 2.17 bits per heavy atom. The van der Waals surface area contributed by atoms with Crippen LogP contribution in [-0.4, -0.2) is 13.7 Å². The molecule has 0 aliphatic rings. The minimum absolute atomic E-state index is 0.0446. The molecule has 1 aromatic rings. The van der Waals surface area contributed by atoms with Crippen LogP contribution in [-0.2, 0) is 6.54 Å². The van der Waals surface area contributed by atoms with Crippen LogP contribution in [0.3, 0.4) is 0 Å². The maximum absolute atomic E-state index is 9.02. The van der Waals surface area contributed by atoms with E-state index in [0.29, 0.717) is 19.0 Å². The van der Waals surface area contributed by atoms with Crippen molar-refractivity contribution in [3.63, 3.8) is 0 Å². The first-order valence-electron chi connectivity index (χ1n) is 6.01. The Morgan fingerprint density at radius 3 is 2.72 bits per heavy atom. The van der Waals surface area contributed by atoms with Gasteiger partial charge in [0.25, 0.3) is 0 Å². The number of ether oxygens (including phenoxy) is 1.